The summed E-state index contributed by atoms with van der Waals surface area (Å²) >= 11 is 0. The van der Waals surface area contributed by atoms with Gasteiger partial charge in [-0.25, -0.2) is 4.79 Å². The van der Waals surface area contributed by atoms with Crippen LogP contribution in [-0.2, 0) is 9.47 Å². The Labute approximate surface area is 189 Å². The molecule has 0 bridgehead atoms. The Morgan fingerprint density at radius 1 is 0.719 bits per heavy atom. The van der Waals surface area contributed by atoms with Crippen molar-refractivity contribution in [3.05, 3.63) is 102 Å². The first-order chi connectivity index (χ1) is 15.8. The second-order valence-corrected chi connectivity index (χ2v) is 7.74. The smallest absolute Gasteiger partial charge is 0.338 e. The fraction of sp³-hybridized carbons (Fsp3) is 0.250. The Kier molecular flexibility index (Phi) is 7.57. The minimum absolute atomic E-state index is 0.0741. The molecule has 4 nitrogen and oxygen atoms in total. The molecule has 1 fully saturated rings. The first-order valence-corrected chi connectivity index (χ1v) is 10.9. The number of carbonyl (C=O) groups is 1. The molecule has 1 aliphatic carbocycles. The summed E-state index contributed by atoms with van der Waals surface area (Å²) in [7, 11) is 0. The van der Waals surface area contributed by atoms with Crippen LogP contribution < -0.4 is 4.74 Å². The minimum Gasteiger partial charge on any atom is -0.468 e. The summed E-state index contributed by atoms with van der Waals surface area (Å²) in [6.07, 6.45) is 3.35. The number of hydrogen-bond acceptors (Lipinski definition) is 4. The van der Waals surface area contributed by atoms with Crippen molar-refractivity contribution in [2.24, 2.45) is 0 Å². The maximum atomic E-state index is 12.5. The Bertz CT molecular complexity index is 1040. The molecule has 1 aliphatic rings. The van der Waals surface area contributed by atoms with E-state index in [2.05, 4.69) is 11.8 Å². The average molecular weight is 427 g/mol. The van der Waals surface area contributed by atoms with E-state index >= 15 is 0 Å². The maximum Gasteiger partial charge on any atom is 0.338 e. The molecule has 0 unspecified atom stereocenters. The number of benzene rings is 3. The van der Waals surface area contributed by atoms with Crippen molar-refractivity contribution < 1.29 is 19.0 Å². The van der Waals surface area contributed by atoms with Crippen LogP contribution >= 0.6 is 0 Å². The average Bonchev–Trinajstić information content (AvgIpc) is 2.85. The van der Waals surface area contributed by atoms with E-state index in [9.17, 15) is 4.79 Å². The zero-order chi connectivity index (χ0) is 22.0. The summed E-state index contributed by atoms with van der Waals surface area (Å²) < 4.78 is 17.1. The van der Waals surface area contributed by atoms with E-state index in [1.54, 1.807) is 12.1 Å². The highest BCUT2D eigenvalue weighted by atomic mass is 16.7. The molecule has 4 heteroatoms. The molecule has 3 aromatic rings. The molecular formula is C28H26O4. The molecule has 1 saturated carbocycles. The molecular weight excluding hydrogens is 400 g/mol. The van der Waals surface area contributed by atoms with Crippen molar-refractivity contribution in [3.63, 3.8) is 0 Å². The van der Waals surface area contributed by atoms with Crippen LogP contribution in [0, 0.1) is 11.8 Å². The van der Waals surface area contributed by atoms with Gasteiger partial charge in [0.15, 0.2) is 6.79 Å². The number of para-hydroxylation sites is 1. The van der Waals surface area contributed by atoms with Gasteiger partial charge in [-0.1, -0.05) is 48.2 Å². The standard InChI is InChI=1S/C28H26O4/c29-28(24-15-13-23(14-16-24)12-11-22-7-3-1-4-8-22)32-27-19-17-26(18-20-27)31-21-30-25-9-5-2-6-10-25/h1-10,13-16,26-27H,17-21H2. The van der Waals surface area contributed by atoms with Gasteiger partial charge in [0.25, 0.3) is 0 Å². The highest BCUT2D eigenvalue weighted by Gasteiger charge is 2.25. The van der Waals surface area contributed by atoms with Crippen molar-refractivity contribution in [3.8, 4) is 17.6 Å². The Hall–Kier alpha value is -3.55. The zero-order valence-electron chi connectivity index (χ0n) is 17.9. The third-order valence-electron chi connectivity index (χ3n) is 5.41. The van der Waals surface area contributed by atoms with Gasteiger partial charge in [-0.2, -0.15) is 0 Å². The Morgan fingerprint density at radius 2 is 1.28 bits per heavy atom. The lowest BCUT2D eigenvalue weighted by atomic mass is 9.95. The van der Waals surface area contributed by atoms with Crippen molar-refractivity contribution in [2.75, 3.05) is 6.79 Å². The lowest BCUT2D eigenvalue weighted by Crippen LogP contribution is -2.29. The molecule has 0 saturated heterocycles. The molecule has 32 heavy (non-hydrogen) atoms. The summed E-state index contributed by atoms with van der Waals surface area (Å²) in [6, 6.07) is 26.7. The van der Waals surface area contributed by atoms with E-state index in [4.69, 9.17) is 14.2 Å². The van der Waals surface area contributed by atoms with Crippen LogP contribution in [0.1, 0.15) is 47.2 Å². The third kappa shape index (κ3) is 6.47. The third-order valence-corrected chi connectivity index (χ3v) is 5.41. The minimum atomic E-state index is -0.288. The summed E-state index contributed by atoms with van der Waals surface area (Å²) in [4.78, 5) is 12.5. The molecule has 0 amide bonds. The number of ether oxygens (including phenoxy) is 3. The molecule has 0 aromatic heterocycles. The van der Waals surface area contributed by atoms with Gasteiger partial charge in [-0.15, -0.1) is 0 Å². The SMILES string of the molecule is O=C(OC1CCC(OCOc2ccccc2)CC1)c1ccc(C#Cc2ccccc2)cc1. The quantitative estimate of drug-likeness (QED) is 0.292. The molecule has 4 rings (SSSR count). The van der Waals surface area contributed by atoms with Gasteiger partial charge in [0.05, 0.1) is 11.7 Å². The summed E-state index contributed by atoms with van der Waals surface area (Å²) in [5.74, 6) is 6.74. The van der Waals surface area contributed by atoms with Crippen LogP contribution in [0.3, 0.4) is 0 Å². The monoisotopic (exact) mass is 426 g/mol. The zero-order valence-corrected chi connectivity index (χ0v) is 17.9. The van der Waals surface area contributed by atoms with E-state index < -0.39 is 0 Å². The van der Waals surface area contributed by atoms with Gasteiger partial charge in [-0.3, -0.25) is 0 Å². The van der Waals surface area contributed by atoms with Gasteiger partial charge < -0.3 is 14.2 Å². The summed E-state index contributed by atoms with van der Waals surface area (Å²) in [5, 5.41) is 0. The summed E-state index contributed by atoms with van der Waals surface area (Å²) in [5.41, 5.74) is 2.37. The highest BCUT2D eigenvalue weighted by molar-refractivity contribution is 5.89. The molecule has 0 radical (unpaired) electrons. The highest BCUT2D eigenvalue weighted by Crippen LogP contribution is 2.24. The first kappa shape index (κ1) is 21.7. The fourth-order valence-corrected chi connectivity index (χ4v) is 3.61. The van der Waals surface area contributed by atoms with Gasteiger partial charge in [0.1, 0.15) is 11.9 Å². The number of rotatable bonds is 6. The largest absolute Gasteiger partial charge is 0.468 e. The van der Waals surface area contributed by atoms with Crippen LogP contribution in [0.4, 0.5) is 0 Å². The van der Waals surface area contributed by atoms with E-state index in [1.165, 1.54) is 0 Å². The number of esters is 1. The second-order valence-electron chi connectivity index (χ2n) is 7.74. The van der Waals surface area contributed by atoms with Gasteiger partial charge in [0, 0.05) is 11.1 Å². The van der Waals surface area contributed by atoms with E-state index in [0.29, 0.717) is 5.56 Å². The lowest BCUT2D eigenvalue weighted by molar-refractivity contribution is -0.0666. The molecule has 0 atom stereocenters. The second kappa shape index (κ2) is 11.2. The predicted molar refractivity (Wildman–Crippen MR) is 123 cm³/mol. The van der Waals surface area contributed by atoms with Crippen molar-refractivity contribution in [1.82, 2.24) is 0 Å². The molecule has 3 aromatic carbocycles. The normalized spacial score (nSPS) is 17.6. The van der Waals surface area contributed by atoms with Crippen LogP contribution in [0.25, 0.3) is 0 Å². The Balaban J connectivity index is 1.20. The summed E-state index contributed by atoms with van der Waals surface area (Å²) in [6.45, 7) is 0.235. The molecule has 0 heterocycles. The molecule has 162 valence electrons. The number of carbonyl (C=O) groups excluding carboxylic acids is 1. The molecule has 0 aliphatic heterocycles. The fourth-order valence-electron chi connectivity index (χ4n) is 3.61. The lowest BCUT2D eigenvalue weighted by Gasteiger charge is -2.28. The van der Waals surface area contributed by atoms with Crippen LogP contribution in [0.5, 0.6) is 5.75 Å². The van der Waals surface area contributed by atoms with Gasteiger partial charge >= 0.3 is 5.97 Å². The van der Waals surface area contributed by atoms with Crippen LogP contribution in [0.15, 0.2) is 84.9 Å². The first-order valence-electron chi connectivity index (χ1n) is 10.9. The van der Waals surface area contributed by atoms with Crippen molar-refractivity contribution in [1.29, 1.82) is 0 Å². The van der Waals surface area contributed by atoms with Crippen LogP contribution in [-0.4, -0.2) is 25.0 Å². The van der Waals surface area contributed by atoms with E-state index in [0.717, 1.165) is 42.6 Å². The van der Waals surface area contributed by atoms with Crippen LogP contribution in [0.2, 0.25) is 0 Å². The van der Waals surface area contributed by atoms with Gasteiger partial charge in [0.2, 0.25) is 0 Å². The molecule has 0 N–H and O–H groups in total. The van der Waals surface area contributed by atoms with E-state index in [1.807, 2.05) is 72.8 Å². The number of hydrogen-bond donors (Lipinski definition) is 0. The van der Waals surface area contributed by atoms with E-state index in [-0.39, 0.29) is 25.0 Å². The topological polar surface area (TPSA) is 44.8 Å². The van der Waals surface area contributed by atoms with Crippen molar-refractivity contribution in [2.45, 2.75) is 37.9 Å². The predicted octanol–water partition coefficient (Wildman–Crippen LogP) is 5.61. The Morgan fingerprint density at radius 3 is 1.94 bits per heavy atom. The van der Waals surface area contributed by atoms with Gasteiger partial charge in [-0.05, 0) is 74.2 Å². The molecule has 0 spiro atoms. The van der Waals surface area contributed by atoms with Crippen molar-refractivity contribution >= 4 is 5.97 Å². The maximum absolute atomic E-state index is 12.5.